The fourth-order valence-corrected chi connectivity index (χ4v) is 5.83. The lowest BCUT2D eigenvalue weighted by Crippen LogP contribution is -2.41. The monoisotopic (exact) mass is 284 g/mol. The Morgan fingerprint density at radius 1 is 1.47 bits per heavy atom. The zero-order valence-corrected chi connectivity index (χ0v) is 14.0. The standard InChI is InChI=1S/C14H28N2O2Si/c1-14(2,3)10-19(4,5)18-11-16-8-6-12(7-9-16)13(15)17/h6H,7-11H2,1-5H3,(H2,15,17). The zero-order chi connectivity index (χ0) is 14.7. The molecular formula is C14H28N2O2Si. The fraction of sp³-hybridized carbons (Fsp3) is 0.786. The van der Waals surface area contributed by atoms with Crippen molar-refractivity contribution in [3.05, 3.63) is 11.6 Å². The summed E-state index contributed by atoms with van der Waals surface area (Å²) in [6.07, 6.45) is 2.66. The molecule has 1 aliphatic rings. The van der Waals surface area contributed by atoms with Crippen LogP contribution >= 0.6 is 0 Å². The summed E-state index contributed by atoms with van der Waals surface area (Å²) in [6, 6.07) is 1.15. The van der Waals surface area contributed by atoms with Crippen LogP contribution < -0.4 is 5.73 Å². The Morgan fingerprint density at radius 3 is 2.53 bits per heavy atom. The highest BCUT2D eigenvalue weighted by Gasteiger charge is 2.30. The summed E-state index contributed by atoms with van der Waals surface area (Å²) < 4.78 is 6.16. The van der Waals surface area contributed by atoms with Crippen LogP contribution in [0.25, 0.3) is 0 Å². The van der Waals surface area contributed by atoms with E-state index in [0.717, 1.165) is 31.1 Å². The van der Waals surface area contributed by atoms with E-state index >= 15 is 0 Å². The van der Waals surface area contributed by atoms with E-state index in [2.05, 4.69) is 38.8 Å². The first-order valence-corrected chi connectivity index (χ1v) is 10.1. The molecule has 2 N–H and O–H groups in total. The number of nitrogens with two attached hydrogens (primary N) is 1. The molecule has 0 saturated carbocycles. The number of rotatable bonds is 5. The van der Waals surface area contributed by atoms with Crippen molar-refractivity contribution in [1.82, 2.24) is 4.90 Å². The third-order valence-electron chi connectivity index (χ3n) is 3.20. The van der Waals surface area contributed by atoms with Crippen LogP contribution in [0, 0.1) is 5.41 Å². The summed E-state index contributed by atoms with van der Waals surface area (Å²) in [6.45, 7) is 13.6. The van der Waals surface area contributed by atoms with E-state index in [1.807, 2.05) is 6.08 Å². The van der Waals surface area contributed by atoms with Gasteiger partial charge in [0.25, 0.3) is 0 Å². The van der Waals surface area contributed by atoms with Crippen molar-refractivity contribution in [3.8, 4) is 0 Å². The number of hydrogen-bond acceptors (Lipinski definition) is 3. The first-order chi connectivity index (χ1) is 8.59. The molecule has 110 valence electrons. The first-order valence-electron chi connectivity index (χ1n) is 6.94. The van der Waals surface area contributed by atoms with Gasteiger partial charge in [0.2, 0.25) is 5.91 Å². The Balaban J connectivity index is 2.40. The Morgan fingerprint density at radius 2 is 2.11 bits per heavy atom. The van der Waals surface area contributed by atoms with Gasteiger partial charge in [0, 0.05) is 18.7 Å². The highest BCUT2D eigenvalue weighted by molar-refractivity contribution is 6.71. The molecule has 0 atom stereocenters. The van der Waals surface area contributed by atoms with E-state index in [9.17, 15) is 4.79 Å². The maximum absolute atomic E-state index is 11.0. The molecule has 0 spiro atoms. The summed E-state index contributed by atoms with van der Waals surface area (Å²) in [7, 11) is -1.62. The maximum atomic E-state index is 11.0. The Bertz CT molecular complexity index is 359. The van der Waals surface area contributed by atoms with E-state index < -0.39 is 8.32 Å². The molecule has 0 aromatic heterocycles. The SMILES string of the molecule is CC(C)(C)C[Si](C)(C)OCN1CC=C(C(N)=O)CC1. The molecule has 0 fully saturated rings. The summed E-state index contributed by atoms with van der Waals surface area (Å²) in [5.41, 5.74) is 6.34. The van der Waals surface area contributed by atoms with E-state index in [1.165, 1.54) is 0 Å². The van der Waals surface area contributed by atoms with Crippen molar-refractivity contribution >= 4 is 14.2 Å². The van der Waals surface area contributed by atoms with Gasteiger partial charge in [-0.2, -0.15) is 0 Å². The van der Waals surface area contributed by atoms with Crippen LogP contribution in [-0.4, -0.2) is 38.9 Å². The van der Waals surface area contributed by atoms with Crippen molar-refractivity contribution < 1.29 is 9.22 Å². The van der Waals surface area contributed by atoms with Crippen molar-refractivity contribution in [2.24, 2.45) is 11.1 Å². The lowest BCUT2D eigenvalue weighted by atomic mass is 10.0. The summed E-state index contributed by atoms with van der Waals surface area (Å²) in [5.74, 6) is -0.289. The highest BCUT2D eigenvalue weighted by atomic mass is 28.4. The second kappa shape index (κ2) is 6.20. The minimum Gasteiger partial charge on any atom is -0.405 e. The molecule has 1 rings (SSSR count). The van der Waals surface area contributed by atoms with Crippen LogP contribution in [0.1, 0.15) is 27.2 Å². The van der Waals surface area contributed by atoms with Gasteiger partial charge in [0.1, 0.15) is 0 Å². The Labute approximate surface area is 118 Å². The predicted octanol–water partition coefficient (Wildman–Crippen LogP) is 2.33. The van der Waals surface area contributed by atoms with Gasteiger partial charge in [0.05, 0.1) is 6.73 Å². The van der Waals surface area contributed by atoms with Gasteiger partial charge >= 0.3 is 0 Å². The normalized spacial score (nSPS) is 18.3. The second-order valence-electron chi connectivity index (χ2n) is 7.19. The van der Waals surface area contributed by atoms with E-state index in [-0.39, 0.29) is 5.91 Å². The van der Waals surface area contributed by atoms with E-state index in [0.29, 0.717) is 12.1 Å². The van der Waals surface area contributed by atoms with E-state index in [1.54, 1.807) is 0 Å². The largest absolute Gasteiger partial charge is 0.405 e. The summed E-state index contributed by atoms with van der Waals surface area (Å²) in [4.78, 5) is 13.3. The minimum atomic E-state index is -1.62. The first kappa shape index (κ1) is 16.4. The predicted molar refractivity (Wildman–Crippen MR) is 81.2 cm³/mol. The average molecular weight is 284 g/mol. The van der Waals surface area contributed by atoms with Gasteiger partial charge in [0.15, 0.2) is 8.32 Å². The molecular weight excluding hydrogens is 256 g/mol. The van der Waals surface area contributed by atoms with Crippen molar-refractivity contribution in [2.75, 3.05) is 19.8 Å². The fourth-order valence-electron chi connectivity index (χ4n) is 2.65. The highest BCUT2D eigenvalue weighted by Crippen LogP contribution is 2.28. The second-order valence-corrected chi connectivity index (χ2v) is 11.4. The van der Waals surface area contributed by atoms with Crippen LogP contribution in [0.2, 0.25) is 19.1 Å². The van der Waals surface area contributed by atoms with Crippen molar-refractivity contribution in [3.63, 3.8) is 0 Å². The molecule has 0 bridgehead atoms. The molecule has 5 heteroatoms. The summed E-state index contributed by atoms with van der Waals surface area (Å²) in [5, 5.41) is 0. The number of carbonyl (C=O) groups excluding carboxylic acids is 1. The van der Waals surface area contributed by atoms with Crippen LogP contribution in [0.15, 0.2) is 11.6 Å². The number of primary amides is 1. The van der Waals surface area contributed by atoms with Crippen LogP contribution in [0.4, 0.5) is 0 Å². The quantitative estimate of drug-likeness (QED) is 0.788. The van der Waals surface area contributed by atoms with Gasteiger partial charge in [-0.15, -0.1) is 0 Å². The van der Waals surface area contributed by atoms with Gasteiger partial charge in [-0.3, -0.25) is 9.69 Å². The zero-order valence-electron chi connectivity index (χ0n) is 13.0. The molecule has 0 radical (unpaired) electrons. The van der Waals surface area contributed by atoms with Gasteiger partial charge in [-0.1, -0.05) is 26.8 Å². The number of amides is 1. The van der Waals surface area contributed by atoms with Crippen molar-refractivity contribution in [1.29, 1.82) is 0 Å². The molecule has 1 aliphatic heterocycles. The average Bonchev–Trinajstić information content (AvgIpc) is 2.24. The molecule has 1 amide bonds. The van der Waals surface area contributed by atoms with Gasteiger partial charge in [-0.25, -0.2) is 0 Å². The number of nitrogens with zero attached hydrogens (tertiary/aromatic N) is 1. The van der Waals surface area contributed by atoms with Crippen LogP contribution in [0.3, 0.4) is 0 Å². The molecule has 0 aromatic carbocycles. The van der Waals surface area contributed by atoms with E-state index in [4.69, 9.17) is 10.2 Å². The molecule has 4 nitrogen and oxygen atoms in total. The number of carbonyl (C=O) groups is 1. The smallest absolute Gasteiger partial charge is 0.244 e. The molecule has 0 unspecified atom stereocenters. The minimum absolute atomic E-state index is 0.289. The van der Waals surface area contributed by atoms with Crippen LogP contribution in [0.5, 0.6) is 0 Å². The van der Waals surface area contributed by atoms with Crippen LogP contribution in [-0.2, 0) is 9.22 Å². The molecule has 19 heavy (non-hydrogen) atoms. The van der Waals surface area contributed by atoms with Crippen molar-refractivity contribution in [2.45, 2.75) is 46.3 Å². The third-order valence-corrected chi connectivity index (χ3v) is 6.03. The maximum Gasteiger partial charge on any atom is 0.244 e. The lowest BCUT2D eigenvalue weighted by Gasteiger charge is -2.33. The number of hydrogen-bond donors (Lipinski definition) is 1. The molecule has 0 aliphatic carbocycles. The van der Waals surface area contributed by atoms with Gasteiger partial charge in [-0.05, 0) is 31.0 Å². The molecule has 0 aromatic rings. The Hall–Kier alpha value is -0.653. The third kappa shape index (κ3) is 6.36. The molecule has 0 saturated heterocycles. The molecule has 1 heterocycles. The lowest BCUT2D eigenvalue weighted by molar-refractivity contribution is -0.114. The summed E-state index contributed by atoms with van der Waals surface area (Å²) >= 11 is 0. The Kier molecular flexibility index (Phi) is 5.35. The topological polar surface area (TPSA) is 55.6 Å². The van der Waals surface area contributed by atoms with Gasteiger partial charge < -0.3 is 10.2 Å².